The predicted molar refractivity (Wildman–Crippen MR) is 83.2 cm³/mol. The van der Waals surface area contributed by atoms with E-state index >= 15 is 0 Å². The Bertz CT molecular complexity index is 575. The van der Waals surface area contributed by atoms with Crippen molar-refractivity contribution in [3.8, 4) is 11.6 Å². The minimum atomic E-state index is 0.410. The molecule has 4 nitrogen and oxygen atoms in total. The molecular formula is C14H15BrClN3O. The summed E-state index contributed by atoms with van der Waals surface area (Å²) in [6.07, 6.45) is 0. The van der Waals surface area contributed by atoms with Crippen LogP contribution < -0.4 is 10.1 Å². The van der Waals surface area contributed by atoms with E-state index in [2.05, 4.69) is 45.3 Å². The van der Waals surface area contributed by atoms with Crippen molar-refractivity contribution >= 4 is 27.5 Å². The molecule has 1 heterocycles. The number of rotatable bonds is 5. The van der Waals surface area contributed by atoms with Crippen molar-refractivity contribution in [2.75, 3.05) is 0 Å². The molecule has 6 heteroatoms. The molecule has 20 heavy (non-hydrogen) atoms. The molecule has 0 saturated carbocycles. The van der Waals surface area contributed by atoms with Crippen molar-refractivity contribution < 1.29 is 4.74 Å². The number of hydrogen-bond donors (Lipinski definition) is 1. The van der Waals surface area contributed by atoms with Gasteiger partial charge in [-0.25, -0.2) is 0 Å². The smallest absolute Gasteiger partial charge is 0.238 e. The van der Waals surface area contributed by atoms with Crippen molar-refractivity contribution in [1.82, 2.24) is 15.5 Å². The Morgan fingerprint density at radius 1 is 1.25 bits per heavy atom. The molecule has 0 unspecified atom stereocenters. The number of nitrogens with one attached hydrogen (secondary N) is 1. The van der Waals surface area contributed by atoms with Crippen LogP contribution in [-0.2, 0) is 6.54 Å². The number of halogens is 2. The van der Waals surface area contributed by atoms with Crippen LogP contribution in [0, 0.1) is 0 Å². The number of nitrogens with zero attached hydrogens (tertiary/aromatic N) is 2. The molecule has 0 amide bonds. The van der Waals surface area contributed by atoms with Crippen LogP contribution >= 0.6 is 27.5 Å². The van der Waals surface area contributed by atoms with Gasteiger partial charge >= 0.3 is 0 Å². The maximum atomic E-state index is 6.06. The Hall–Kier alpha value is -1.17. The van der Waals surface area contributed by atoms with Crippen LogP contribution in [0.1, 0.15) is 19.5 Å². The Balaban J connectivity index is 2.05. The summed E-state index contributed by atoms with van der Waals surface area (Å²) in [7, 11) is 0. The van der Waals surface area contributed by atoms with Gasteiger partial charge in [0, 0.05) is 23.1 Å². The first-order valence-corrected chi connectivity index (χ1v) is 7.40. The van der Waals surface area contributed by atoms with Gasteiger partial charge in [0.15, 0.2) is 0 Å². The van der Waals surface area contributed by atoms with Gasteiger partial charge in [0.05, 0.1) is 10.7 Å². The lowest BCUT2D eigenvalue weighted by atomic mass is 10.3. The quantitative estimate of drug-likeness (QED) is 0.873. The highest BCUT2D eigenvalue weighted by molar-refractivity contribution is 9.10. The SMILES string of the molecule is CC(C)NCc1ccc(Oc2cc(Br)ccc2Cl)nn1. The zero-order valence-corrected chi connectivity index (χ0v) is 13.6. The molecule has 0 aliphatic rings. The number of aromatic nitrogens is 2. The van der Waals surface area contributed by atoms with Gasteiger partial charge in [-0.2, -0.15) is 5.10 Å². The Kier molecular flexibility index (Phi) is 5.34. The second-order valence-corrected chi connectivity index (χ2v) is 5.90. The largest absolute Gasteiger partial charge is 0.436 e. The molecule has 0 bridgehead atoms. The Morgan fingerprint density at radius 2 is 2.05 bits per heavy atom. The maximum Gasteiger partial charge on any atom is 0.238 e. The first-order chi connectivity index (χ1) is 9.54. The average Bonchev–Trinajstić information content (AvgIpc) is 2.42. The van der Waals surface area contributed by atoms with Gasteiger partial charge in [0.25, 0.3) is 0 Å². The summed E-state index contributed by atoms with van der Waals surface area (Å²) in [5.41, 5.74) is 0.867. The summed E-state index contributed by atoms with van der Waals surface area (Å²) in [6, 6.07) is 9.47. The van der Waals surface area contributed by atoms with Crippen LogP contribution in [0.4, 0.5) is 0 Å². The zero-order valence-electron chi connectivity index (χ0n) is 11.2. The molecule has 1 N–H and O–H groups in total. The van der Waals surface area contributed by atoms with E-state index in [9.17, 15) is 0 Å². The third kappa shape index (κ3) is 4.44. The number of benzene rings is 1. The summed E-state index contributed by atoms with van der Waals surface area (Å²) in [5, 5.41) is 11.9. The number of ether oxygens (including phenoxy) is 1. The van der Waals surface area contributed by atoms with Crippen molar-refractivity contribution in [2.45, 2.75) is 26.4 Å². The van der Waals surface area contributed by atoms with Crippen LogP contribution in [0.3, 0.4) is 0 Å². The van der Waals surface area contributed by atoms with E-state index in [1.165, 1.54) is 0 Å². The summed E-state index contributed by atoms with van der Waals surface area (Å²) >= 11 is 9.43. The van der Waals surface area contributed by atoms with E-state index in [0.717, 1.165) is 10.2 Å². The lowest BCUT2D eigenvalue weighted by Crippen LogP contribution is -2.22. The van der Waals surface area contributed by atoms with Crippen LogP contribution in [0.2, 0.25) is 5.02 Å². The van der Waals surface area contributed by atoms with E-state index in [1.807, 2.05) is 12.1 Å². The van der Waals surface area contributed by atoms with Crippen molar-refractivity contribution in [3.05, 3.63) is 45.5 Å². The van der Waals surface area contributed by atoms with E-state index in [-0.39, 0.29) is 0 Å². The second kappa shape index (κ2) is 7.02. The summed E-state index contributed by atoms with van der Waals surface area (Å²) < 4.78 is 6.51. The highest BCUT2D eigenvalue weighted by atomic mass is 79.9. The molecule has 0 spiro atoms. The Morgan fingerprint density at radius 3 is 2.70 bits per heavy atom. The topological polar surface area (TPSA) is 47.0 Å². The zero-order chi connectivity index (χ0) is 14.5. The van der Waals surface area contributed by atoms with E-state index < -0.39 is 0 Å². The molecular weight excluding hydrogens is 342 g/mol. The molecule has 106 valence electrons. The third-order valence-electron chi connectivity index (χ3n) is 2.49. The monoisotopic (exact) mass is 355 g/mol. The molecule has 0 atom stereocenters. The first kappa shape index (κ1) is 15.2. The lowest BCUT2D eigenvalue weighted by molar-refractivity contribution is 0.452. The van der Waals surface area contributed by atoms with Crippen molar-refractivity contribution in [1.29, 1.82) is 0 Å². The minimum Gasteiger partial charge on any atom is -0.436 e. The molecule has 0 radical (unpaired) electrons. The van der Waals surface area contributed by atoms with Gasteiger partial charge in [-0.1, -0.05) is 41.4 Å². The van der Waals surface area contributed by atoms with Crippen LogP contribution in [-0.4, -0.2) is 16.2 Å². The minimum absolute atomic E-state index is 0.410. The van der Waals surface area contributed by atoms with Gasteiger partial charge in [-0.05, 0) is 24.3 Å². The maximum absolute atomic E-state index is 6.06. The second-order valence-electron chi connectivity index (χ2n) is 4.58. The van der Waals surface area contributed by atoms with Crippen LogP contribution in [0.15, 0.2) is 34.8 Å². The number of hydrogen-bond acceptors (Lipinski definition) is 4. The fourth-order valence-electron chi connectivity index (χ4n) is 1.47. The lowest BCUT2D eigenvalue weighted by Gasteiger charge is -2.08. The standard InChI is InChI=1S/C14H15BrClN3O/c1-9(2)17-8-11-4-6-14(19-18-11)20-13-7-10(15)3-5-12(13)16/h3-7,9,17H,8H2,1-2H3. The molecule has 0 aliphatic heterocycles. The molecule has 2 aromatic rings. The van der Waals surface area contributed by atoms with E-state index in [1.54, 1.807) is 18.2 Å². The molecule has 0 saturated heterocycles. The Labute approximate surface area is 131 Å². The van der Waals surface area contributed by atoms with Gasteiger partial charge in [-0.3, -0.25) is 0 Å². The molecule has 2 rings (SSSR count). The van der Waals surface area contributed by atoms with Gasteiger partial charge in [0.1, 0.15) is 5.75 Å². The fourth-order valence-corrected chi connectivity index (χ4v) is 1.97. The molecule has 0 fully saturated rings. The van der Waals surface area contributed by atoms with Crippen molar-refractivity contribution in [2.24, 2.45) is 0 Å². The van der Waals surface area contributed by atoms with Gasteiger partial charge < -0.3 is 10.1 Å². The third-order valence-corrected chi connectivity index (χ3v) is 3.30. The fraction of sp³-hybridized carbons (Fsp3) is 0.286. The normalized spacial score (nSPS) is 10.8. The highest BCUT2D eigenvalue weighted by Gasteiger charge is 2.06. The van der Waals surface area contributed by atoms with E-state index in [4.69, 9.17) is 16.3 Å². The summed E-state index contributed by atoms with van der Waals surface area (Å²) in [4.78, 5) is 0. The van der Waals surface area contributed by atoms with Crippen LogP contribution in [0.5, 0.6) is 11.6 Å². The summed E-state index contributed by atoms with van der Waals surface area (Å²) in [6.45, 7) is 4.85. The van der Waals surface area contributed by atoms with Gasteiger partial charge in [-0.15, -0.1) is 5.10 Å². The molecule has 1 aromatic carbocycles. The molecule has 1 aromatic heterocycles. The highest BCUT2D eigenvalue weighted by Crippen LogP contribution is 2.30. The van der Waals surface area contributed by atoms with E-state index in [0.29, 0.717) is 29.2 Å². The first-order valence-electron chi connectivity index (χ1n) is 6.23. The predicted octanol–water partition coefficient (Wildman–Crippen LogP) is 4.18. The molecule has 0 aliphatic carbocycles. The van der Waals surface area contributed by atoms with Gasteiger partial charge in [0.2, 0.25) is 5.88 Å². The van der Waals surface area contributed by atoms with Crippen molar-refractivity contribution in [3.63, 3.8) is 0 Å². The average molecular weight is 357 g/mol. The van der Waals surface area contributed by atoms with Crippen LogP contribution in [0.25, 0.3) is 0 Å². The summed E-state index contributed by atoms with van der Waals surface area (Å²) in [5.74, 6) is 0.960.